The molecule has 0 bridgehead atoms. The number of furan rings is 1. The Morgan fingerprint density at radius 2 is 2.00 bits per heavy atom. The van der Waals surface area contributed by atoms with Crippen molar-refractivity contribution < 1.29 is 18.3 Å². The molecule has 1 unspecified atom stereocenters. The Bertz CT molecular complexity index is 560. The van der Waals surface area contributed by atoms with Crippen LogP contribution >= 0.6 is 0 Å². The second kappa shape index (κ2) is 5.90. The molecule has 0 fully saturated rings. The van der Waals surface area contributed by atoms with Gasteiger partial charge in [0.2, 0.25) is 0 Å². The molecule has 3 nitrogen and oxygen atoms in total. The Balaban J connectivity index is 2.37. The van der Waals surface area contributed by atoms with Crippen molar-refractivity contribution in [3.05, 3.63) is 59.8 Å². The number of carbonyl (C=O) groups excluding carboxylic acids is 1. The molecule has 0 saturated carbocycles. The lowest BCUT2D eigenvalue weighted by molar-refractivity contribution is -0.149. The van der Waals surface area contributed by atoms with Crippen molar-refractivity contribution in [2.75, 3.05) is 6.61 Å². The first-order chi connectivity index (χ1) is 9.56. The Morgan fingerprint density at radius 1 is 1.30 bits per heavy atom. The second-order valence-corrected chi connectivity index (χ2v) is 4.82. The fourth-order valence-corrected chi connectivity index (χ4v) is 2.16. The van der Waals surface area contributed by atoms with Crippen LogP contribution in [-0.2, 0) is 21.4 Å². The molecule has 0 aliphatic heterocycles. The van der Waals surface area contributed by atoms with E-state index < -0.39 is 5.41 Å². The molecule has 1 atom stereocenters. The van der Waals surface area contributed by atoms with Gasteiger partial charge in [0, 0.05) is 6.42 Å². The number of esters is 1. The SMILES string of the molecule is CCOC(=O)C(C)(Cc1ccco1)c1ccc(F)cc1. The van der Waals surface area contributed by atoms with Crippen molar-refractivity contribution >= 4 is 5.97 Å². The average molecular weight is 276 g/mol. The van der Waals surface area contributed by atoms with Crippen LogP contribution in [0.15, 0.2) is 47.1 Å². The molecule has 2 aromatic rings. The Hall–Kier alpha value is -2.10. The van der Waals surface area contributed by atoms with E-state index in [0.29, 0.717) is 24.4 Å². The van der Waals surface area contributed by atoms with Crippen molar-refractivity contribution in [2.45, 2.75) is 25.7 Å². The quantitative estimate of drug-likeness (QED) is 0.785. The fraction of sp³-hybridized carbons (Fsp3) is 0.312. The first-order valence-electron chi connectivity index (χ1n) is 6.52. The molecular weight excluding hydrogens is 259 g/mol. The molecule has 2 rings (SSSR count). The summed E-state index contributed by atoms with van der Waals surface area (Å²) in [6.45, 7) is 3.84. The van der Waals surface area contributed by atoms with Crippen molar-refractivity contribution in [1.29, 1.82) is 0 Å². The number of hydrogen-bond acceptors (Lipinski definition) is 3. The third-order valence-electron chi connectivity index (χ3n) is 3.32. The summed E-state index contributed by atoms with van der Waals surface area (Å²) in [6, 6.07) is 9.47. The van der Waals surface area contributed by atoms with Crippen LogP contribution in [0.25, 0.3) is 0 Å². The van der Waals surface area contributed by atoms with E-state index in [-0.39, 0.29) is 11.8 Å². The van der Waals surface area contributed by atoms with Gasteiger partial charge in [-0.15, -0.1) is 0 Å². The summed E-state index contributed by atoms with van der Waals surface area (Å²) in [4.78, 5) is 12.3. The van der Waals surface area contributed by atoms with Gasteiger partial charge in [0.05, 0.1) is 18.3 Å². The van der Waals surface area contributed by atoms with E-state index in [0.717, 1.165) is 0 Å². The van der Waals surface area contributed by atoms with Gasteiger partial charge in [-0.25, -0.2) is 4.39 Å². The van der Waals surface area contributed by atoms with E-state index in [2.05, 4.69) is 0 Å². The first kappa shape index (κ1) is 14.3. The van der Waals surface area contributed by atoms with E-state index >= 15 is 0 Å². The van der Waals surface area contributed by atoms with Crippen molar-refractivity contribution in [3.63, 3.8) is 0 Å². The number of ether oxygens (including phenoxy) is 1. The summed E-state index contributed by atoms with van der Waals surface area (Å²) >= 11 is 0. The number of carbonyl (C=O) groups is 1. The van der Waals surface area contributed by atoms with Crippen molar-refractivity contribution in [2.24, 2.45) is 0 Å². The molecule has 4 heteroatoms. The Morgan fingerprint density at radius 3 is 2.55 bits per heavy atom. The predicted octanol–water partition coefficient (Wildman–Crippen LogP) is 3.48. The van der Waals surface area contributed by atoms with Crippen LogP contribution in [0.1, 0.15) is 25.2 Å². The van der Waals surface area contributed by atoms with Gasteiger partial charge in [-0.2, -0.15) is 0 Å². The summed E-state index contributed by atoms with van der Waals surface area (Å²) in [5, 5.41) is 0. The molecule has 0 radical (unpaired) electrons. The van der Waals surface area contributed by atoms with Gasteiger partial charge in [-0.1, -0.05) is 12.1 Å². The van der Waals surface area contributed by atoms with Crippen molar-refractivity contribution in [1.82, 2.24) is 0 Å². The molecule has 20 heavy (non-hydrogen) atoms. The standard InChI is InChI=1S/C16H17FO3/c1-3-19-15(18)16(2,11-14-5-4-10-20-14)12-6-8-13(17)9-7-12/h4-10H,3,11H2,1-2H3. The van der Waals surface area contributed by atoms with Crippen molar-refractivity contribution in [3.8, 4) is 0 Å². The lowest BCUT2D eigenvalue weighted by Gasteiger charge is -2.27. The second-order valence-electron chi connectivity index (χ2n) is 4.82. The summed E-state index contributed by atoms with van der Waals surface area (Å²) < 4.78 is 23.6. The number of benzene rings is 1. The van der Waals surface area contributed by atoms with Crippen LogP contribution < -0.4 is 0 Å². The van der Waals surface area contributed by atoms with Crippen LogP contribution in [-0.4, -0.2) is 12.6 Å². The summed E-state index contributed by atoms with van der Waals surface area (Å²) in [5.74, 6) is 0.00541. The lowest BCUT2D eigenvalue weighted by Crippen LogP contribution is -2.36. The van der Waals surface area contributed by atoms with E-state index in [1.807, 2.05) is 0 Å². The van der Waals surface area contributed by atoms with Gasteiger partial charge in [0.1, 0.15) is 11.6 Å². The summed E-state index contributed by atoms with van der Waals surface area (Å²) in [5.41, 5.74) is -0.199. The zero-order valence-electron chi connectivity index (χ0n) is 11.6. The number of halogens is 1. The van der Waals surface area contributed by atoms with Gasteiger partial charge in [-0.05, 0) is 43.7 Å². The average Bonchev–Trinajstić information content (AvgIpc) is 2.92. The topological polar surface area (TPSA) is 39.4 Å². The lowest BCUT2D eigenvalue weighted by atomic mass is 9.78. The van der Waals surface area contributed by atoms with Crippen LogP contribution in [0, 0.1) is 5.82 Å². The smallest absolute Gasteiger partial charge is 0.316 e. The predicted molar refractivity (Wildman–Crippen MR) is 72.8 cm³/mol. The maximum atomic E-state index is 13.1. The van der Waals surface area contributed by atoms with Gasteiger partial charge in [-0.3, -0.25) is 4.79 Å². The highest BCUT2D eigenvalue weighted by atomic mass is 19.1. The minimum atomic E-state index is -0.901. The Labute approximate surface area is 117 Å². The molecule has 0 aliphatic carbocycles. The van der Waals surface area contributed by atoms with Gasteiger partial charge >= 0.3 is 5.97 Å². The largest absolute Gasteiger partial charge is 0.469 e. The highest BCUT2D eigenvalue weighted by Gasteiger charge is 2.37. The molecule has 1 heterocycles. The third kappa shape index (κ3) is 2.90. The van der Waals surface area contributed by atoms with Crippen LogP contribution in [0.4, 0.5) is 4.39 Å². The van der Waals surface area contributed by atoms with Crippen LogP contribution in [0.2, 0.25) is 0 Å². The van der Waals surface area contributed by atoms with Gasteiger partial charge < -0.3 is 9.15 Å². The highest BCUT2D eigenvalue weighted by Crippen LogP contribution is 2.30. The number of rotatable bonds is 5. The molecule has 1 aromatic carbocycles. The molecule has 0 saturated heterocycles. The molecule has 0 amide bonds. The molecule has 1 aromatic heterocycles. The molecule has 106 valence electrons. The zero-order valence-corrected chi connectivity index (χ0v) is 11.6. The van der Waals surface area contributed by atoms with E-state index in [1.165, 1.54) is 12.1 Å². The molecule has 0 aliphatic rings. The maximum Gasteiger partial charge on any atom is 0.316 e. The molecular formula is C16H17FO3. The van der Waals surface area contributed by atoms with Gasteiger partial charge in [0.15, 0.2) is 0 Å². The maximum absolute atomic E-state index is 13.1. The Kier molecular flexibility index (Phi) is 4.23. The zero-order chi connectivity index (χ0) is 14.6. The highest BCUT2D eigenvalue weighted by molar-refractivity contribution is 5.83. The summed E-state index contributed by atoms with van der Waals surface area (Å²) in [6.07, 6.45) is 1.93. The van der Waals surface area contributed by atoms with E-state index in [1.54, 1.807) is 44.4 Å². The summed E-state index contributed by atoms with van der Waals surface area (Å²) in [7, 11) is 0. The first-order valence-corrected chi connectivity index (χ1v) is 6.52. The number of hydrogen-bond donors (Lipinski definition) is 0. The molecule has 0 spiro atoms. The minimum absolute atomic E-state index is 0.299. The van der Waals surface area contributed by atoms with E-state index in [4.69, 9.17) is 9.15 Å². The van der Waals surface area contributed by atoms with E-state index in [9.17, 15) is 9.18 Å². The van der Waals surface area contributed by atoms with Crippen LogP contribution in [0.3, 0.4) is 0 Å². The third-order valence-corrected chi connectivity index (χ3v) is 3.32. The monoisotopic (exact) mass is 276 g/mol. The van der Waals surface area contributed by atoms with Gasteiger partial charge in [0.25, 0.3) is 0 Å². The fourth-order valence-electron chi connectivity index (χ4n) is 2.16. The normalized spacial score (nSPS) is 13.8. The minimum Gasteiger partial charge on any atom is -0.469 e. The molecule has 0 N–H and O–H groups in total. The van der Waals surface area contributed by atoms with Crippen LogP contribution in [0.5, 0.6) is 0 Å².